The van der Waals surface area contributed by atoms with Gasteiger partial charge in [0.1, 0.15) is 17.3 Å². The largest absolute Gasteiger partial charge is 0.470 e. The number of ether oxygens (including phenoxy) is 6. The predicted molar refractivity (Wildman–Crippen MR) is 222 cm³/mol. The Labute approximate surface area is 358 Å². The molecule has 1 aromatic heterocycles. The predicted octanol–water partition coefficient (Wildman–Crippen LogP) is 2.82. The van der Waals surface area contributed by atoms with E-state index in [1.165, 1.54) is 18.0 Å². The number of hydrogen-bond acceptors (Lipinski definition) is 18. The van der Waals surface area contributed by atoms with Gasteiger partial charge in [0.15, 0.2) is 25.1 Å². The first-order valence-electron chi connectivity index (χ1n) is 19.4. The Morgan fingerprint density at radius 3 is 2.36 bits per heavy atom. The third-order valence-electron chi connectivity index (χ3n) is 8.88. The Morgan fingerprint density at radius 1 is 1.02 bits per heavy atom. The van der Waals surface area contributed by atoms with Gasteiger partial charge < -0.3 is 48.4 Å². The minimum Gasteiger partial charge on any atom is -0.470 e. The van der Waals surface area contributed by atoms with Crippen molar-refractivity contribution in [3.05, 3.63) is 48.0 Å². The Morgan fingerprint density at radius 2 is 1.72 bits per heavy atom. The number of hydrogen-bond donors (Lipinski definition) is 2. The van der Waals surface area contributed by atoms with Gasteiger partial charge in [-0.25, -0.2) is 23.1 Å². The first-order valence-corrected chi connectivity index (χ1v) is 21.6. The van der Waals surface area contributed by atoms with Gasteiger partial charge in [-0.15, -0.1) is 4.37 Å². The lowest BCUT2D eigenvalue weighted by atomic mass is 10.0. The van der Waals surface area contributed by atoms with Crippen LogP contribution in [0.5, 0.6) is 17.4 Å². The number of carbonyl (C=O) groups is 5. The molecule has 0 radical (unpaired) electrons. The molecule has 20 nitrogen and oxygen atoms in total. The summed E-state index contributed by atoms with van der Waals surface area (Å²) in [5, 5.41) is 8.67. The number of esters is 3. The van der Waals surface area contributed by atoms with Gasteiger partial charge in [0, 0.05) is 39.1 Å². The second-order valence-electron chi connectivity index (χ2n) is 14.8. The van der Waals surface area contributed by atoms with Gasteiger partial charge in [0.05, 0.1) is 49.3 Å². The highest BCUT2D eigenvalue weighted by molar-refractivity contribution is 7.89. The number of aromatic nitrogens is 2. The van der Waals surface area contributed by atoms with Crippen LogP contribution < -0.4 is 24.8 Å². The summed E-state index contributed by atoms with van der Waals surface area (Å²) in [5.74, 6) is -3.04. The molecular weight excluding hydrogens is 839 g/mol. The smallest absolute Gasteiger partial charge is 0.344 e. The van der Waals surface area contributed by atoms with E-state index in [1.54, 1.807) is 51.1 Å². The summed E-state index contributed by atoms with van der Waals surface area (Å²) < 4.78 is 67.2. The third kappa shape index (κ3) is 14.8. The fourth-order valence-corrected chi connectivity index (χ4v) is 6.96. The van der Waals surface area contributed by atoms with Crippen molar-refractivity contribution < 1.29 is 60.8 Å². The van der Waals surface area contributed by atoms with Crippen molar-refractivity contribution in [3.8, 4) is 17.4 Å². The highest BCUT2D eigenvalue weighted by atomic mass is 32.2. The van der Waals surface area contributed by atoms with E-state index < -0.39 is 76.0 Å². The minimum absolute atomic E-state index is 0.120. The molecule has 1 aliphatic rings. The van der Waals surface area contributed by atoms with Gasteiger partial charge in [0.2, 0.25) is 21.7 Å². The zero-order chi connectivity index (χ0) is 44.7. The zero-order valence-electron chi connectivity index (χ0n) is 35.0. The lowest BCUT2D eigenvalue weighted by Gasteiger charge is -2.38. The summed E-state index contributed by atoms with van der Waals surface area (Å²) in [6.07, 6.45) is 0.437. The fraction of sp³-hybridized carbons (Fsp3) is 0.513. The van der Waals surface area contributed by atoms with Crippen LogP contribution in [-0.4, -0.2) is 141 Å². The zero-order valence-corrected chi connectivity index (χ0v) is 36.7. The quantitative estimate of drug-likeness (QED) is 0.0887. The number of unbranched alkanes of at least 4 members (excludes halogenated alkanes) is 1. The van der Waals surface area contributed by atoms with Crippen LogP contribution in [0.4, 0.5) is 11.5 Å². The molecule has 1 fully saturated rings. The van der Waals surface area contributed by atoms with Crippen molar-refractivity contribution in [3.63, 3.8) is 0 Å². The number of benzene rings is 2. The van der Waals surface area contributed by atoms with Crippen molar-refractivity contribution in [2.45, 2.75) is 64.0 Å². The highest BCUT2D eigenvalue weighted by Crippen LogP contribution is 2.37. The molecular formula is C39H53N7O13S2. The molecule has 61 heavy (non-hydrogen) atoms. The summed E-state index contributed by atoms with van der Waals surface area (Å²) >= 11 is 0.937. The van der Waals surface area contributed by atoms with Gasteiger partial charge in [-0.1, -0.05) is 31.5 Å². The van der Waals surface area contributed by atoms with Gasteiger partial charge in [-0.05, 0) is 51.5 Å². The Kier molecular flexibility index (Phi) is 17.6. The average molecular weight is 892 g/mol. The fourth-order valence-electron chi connectivity index (χ4n) is 5.74. The molecule has 2 aromatic carbocycles. The summed E-state index contributed by atoms with van der Waals surface area (Å²) in [7, 11) is -3.11. The molecule has 0 spiro atoms. The number of carbonyl (C=O) groups excluding carboxylic acids is 5. The summed E-state index contributed by atoms with van der Waals surface area (Å²) in [6, 6.07) is 10.8. The number of likely N-dealkylation sites (N-methyl/N-ethyl adjacent to an activating group) is 1. The number of nitrogens with two attached hydrogens (primary N) is 1. The maximum atomic E-state index is 13.9. The molecule has 3 N–H and O–H groups in total. The van der Waals surface area contributed by atoms with E-state index in [9.17, 15) is 32.4 Å². The van der Waals surface area contributed by atoms with Crippen LogP contribution in [0, 0.1) is 0 Å². The van der Waals surface area contributed by atoms with E-state index in [1.807, 2.05) is 11.8 Å². The van der Waals surface area contributed by atoms with Crippen LogP contribution in [-0.2, 0) is 48.1 Å². The van der Waals surface area contributed by atoms with E-state index in [2.05, 4.69) is 14.1 Å². The first kappa shape index (κ1) is 48.1. The first-order chi connectivity index (χ1) is 28.9. The number of nitrogens with zero attached hydrogens (tertiary/aromatic N) is 5. The van der Waals surface area contributed by atoms with Crippen molar-refractivity contribution in [1.82, 2.24) is 18.5 Å². The molecule has 0 aliphatic carbocycles. The molecule has 1 aliphatic heterocycles. The highest BCUT2D eigenvalue weighted by Gasteiger charge is 2.33. The monoisotopic (exact) mass is 891 g/mol. The lowest BCUT2D eigenvalue weighted by Crippen LogP contribution is -2.54. The second kappa shape index (κ2) is 22.3. The maximum absolute atomic E-state index is 13.9. The van der Waals surface area contributed by atoms with Crippen LogP contribution in [0.1, 0.15) is 57.8 Å². The molecule has 0 saturated carbocycles. The number of amides is 2. The third-order valence-corrected chi connectivity index (χ3v) is 10.3. The van der Waals surface area contributed by atoms with Gasteiger partial charge in [-0.3, -0.25) is 14.4 Å². The van der Waals surface area contributed by atoms with Crippen LogP contribution >= 0.6 is 11.7 Å². The summed E-state index contributed by atoms with van der Waals surface area (Å²) in [6.45, 7) is 8.44. The number of anilines is 2. The van der Waals surface area contributed by atoms with Crippen molar-refractivity contribution >= 4 is 63.0 Å². The van der Waals surface area contributed by atoms with Crippen molar-refractivity contribution in [2.75, 3.05) is 83.0 Å². The molecule has 0 unspecified atom stereocenters. The second-order valence-corrected chi connectivity index (χ2v) is 16.8. The molecule has 1 atom stereocenters. The lowest BCUT2D eigenvalue weighted by molar-refractivity contribution is -0.165. The SMILES string of the molecule is CCCCNc1cc(C(=O)OCC(=O)N(C)CC(=O)N(C[C@@H](COc2nsnc2N2CCOCC2)OC(=O)COC(C)=O)C(C)(C)C)cc(S(N)(=O)=O)c1Oc1ccccc1. The molecule has 2 heterocycles. The minimum atomic E-state index is -4.44. The van der Waals surface area contributed by atoms with Gasteiger partial charge >= 0.3 is 17.9 Å². The average Bonchev–Trinajstić information content (AvgIpc) is 3.69. The Bertz CT molecular complexity index is 2090. The molecule has 4 rings (SSSR count). The van der Waals surface area contributed by atoms with E-state index in [0.29, 0.717) is 50.8 Å². The van der Waals surface area contributed by atoms with Crippen LogP contribution in [0.25, 0.3) is 0 Å². The molecule has 0 bridgehead atoms. The molecule has 1 saturated heterocycles. The number of primary sulfonamides is 1. The van der Waals surface area contributed by atoms with E-state index in [-0.39, 0.29) is 36.0 Å². The van der Waals surface area contributed by atoms with Crippen molar-refractivity contribution in [1.29, 1.82) is 0 Å². The molecule has 2 amide bonds. The van der Waals surface area contributed by atoms with E-state index in [0.717, 1.165) is 36.0 Å². The number of morpholine rings is 1. The molecule has 3 aromatic rings. The number of sulfonamides is 1. The van der Waals surface area contributed by atoms with E-state index >= 15 is 0 Å². The number of rotatable bonds is 21. The molecule has 22 heteroatoms. The Balaban J connectivity index is 1.47. The van der Waals surface area contributed by atoms with Crippen LogP contribution in [0.2, 0.25) is 0 Å². The standard InChI is InChI=1S/C39H53N7O13S2/c1-7-8-14-41-30-19-27(20-31(61(40,52)53)35(30)59-28-12-10-9-11-13-28)38(51)57-24-33(49)44(6)22-32(48)46(39(3,4)5)21-29(58-34(50)25-55-26(2)47)23-56-37-36(42-60-43-37)45-15-17-54-18-16-45/h9-13,19-20,29,41H,7-8,14-18,21-25H2,1-6H3,(H2,40,52,53)/t29-/m0/s1. The van der Waals surface area contributed by atoms with Crippen LogP contribution in [0.3, 0.4) is 0 Å². The normalized spacial score (nSPS) is 13.4. The van der Waals surface area contributed by atoms with Crippen molar-refractivity contribution in [2.24, 2.45) is 5.14 Å². The topological polar surface area (TPSA) is 248 Å². The molecule has 334 valence electrons. The maximum Gasteiger partial charge on any atom is 0.344 e. The van der Waals surface area contributed by atoms with Gasteiger partial charge in [-0.2, -0.15) is 4.37 Å². The Hall–Kier alpha value is -5.58. The number of nitrogens with one attached hydrogen (secondary N) is 1. The summed E-state index contributed by atoms with van der Waals surface area (Å²) in [4.78, 5) is 68.5. The van der Waals surface area contributed by atoms with E-state index in [4.69, 9.17) is 33.6 Å². The summed E-state index contributed by atoms with van der Waals surface area (Å²) in [5.41, 5.74) is -0.945. The number of para-hydroxylation sites is 1. The van der Waals surface area contributed by atoms with Gasteiger partial charge in [0.25, 0.3) is 11.8 Å². The van der Waals surface area contributed by atoms with Crippen LogP contribution in [0.15, 0.2) is 47.4 Å².